The maximum absolute atomic E-state index is 9.39. The van der Waals surface area contributed by atoms with Crippen molar-refractivity contribution in [2.24, 2.45) is 0 Å². The van der Waals surface area contributed by atoms with Gasteiger partial charge in [0.1, 0.15) is 11.6 Å². The molecule has 0 saturated heterocycles. The zero-order valence-corrected chi connectivity index (χ0v) is 8.80. The molecular weight excluding hydrogens is 200 g/mol. The minimum absolute atomic E-state index is 0.267. The zero-order chi connectivity index (χ0) is 11.0. The first-order valence-electron chi connectivity index (χ1n) is 5.44. The molecule has 1 heterocycles. The predicted molar refractivity (Wildman–Crippen MR) is 61.1 cm³/mol. The van der Waals surface area contributed by atoms with Gasteiger partial charge < -0.3 is 5.11 Å². The van der Waals surface area contributed by atoms with E-state index in [0.717, 1.165) is 17.0 Å². The summed E-state index contributed by atoms with van der Waals surface area (Å²) in [6, 6.07) is 7.13. The van der Waals surface area contributed by atoms with Crippen molar-refractivity contribution >= 4 is 0 Å². The van der Waals surface area contributed by atoms with E-state index < -0.39 is 0 Å². The molecule has 3 nitrogen and oxygen atoms in total. The number of phenols is 1. The summed E-state index contributed by atoms with van der Waals surface area (Å²) in [7, 11) is 0. The summed E-state index contributed by atoms with van der Waals surface area (Å²) < 4.78 is 0. The molecule has 2 aromatic rings. The Morgan fingerprint density at radius 2 is 1.81 bits per heavy atom. The molecule has 80 valence electrons. The van der Waals surface area contributed by atoms with Crippen molar-refractivity contribution in [3.63, 3.8) is 0 Å². The summed E-state index contributed by atoms with van der Waals surface area (Å²) in [6.45, 7) is 0. The molecule has 16 heavy (non-hydrogen) atoms. The second-order valence-electron chi connectivity index (χ2n) is 4.15. The lowest BCUT2D eigenvalue weighted by molar-refractivity contribution is 0.475. The predicted octanol–water partition coefficient (Wildman–Crippen LogP) is 2.73. The Morgan fingerprint density at radius 1 is 1.06 bits per heavy atom. The lowest BCUT2D eigenvalue weighted by Gasteiger charge is -2.02. The number of aromatic nitrogens is 2. The number of hydrogen-bond acceptors (Lipinski definition) is 3. The van der Waals surface area contributed by atoms with Gasteiger partial charge in [0, 0.05) is 23.9 Å². The van der Waals surface area contributed by atoms with Gasteiger partial charge in [-0.3, -0.25) is 0 Å². The Morgan fingerprint density at radius 3 is 2.44 bits per heavy atom. The van der Waals surface area contributed by atoms with Crippen LogP contribution in [0, 0.1) is 0 Å². The van der Waals surface area contributed by atoms with Gasteiger partial charge in [-0.2, -0.15) is 0 Å². The summed E-state index contributed by atoms with van der Waals surface area (Å²) >= 11 is 0. The molecule has 3 heteroatoms. The highest BCUT2D eigenvalue weighted by atomic mass is 16.3. The molecule has 1 aromatic heterocycles. The van der Waals surface area contributed by atoms with Crippen molar-refractivity contribution in [1.29, 1.82) is 0 Å². The maximum atomic E-state index is 9.39. The zero-order valence-electron chi connectivity index (χ0n) is 8.80. The van der Waals surface area contributed by atoms with Crippen LogP contribution in [0.25, 0.3) is 11.1 Å². The number of benzene rings is 1. The average molecular weight is 212 g/mol. The van der Waals surface area contributed by atoms with E-state index in [1.54, 1.807) is 12.1 Å². The van der Waals surface area contributed by atoms with Crippen LogP contribution in [-0.4, -0.2) is 15.1 Å². The van der Waals surface area contributed by atoms with Crippen molar-refractivity contribution < 1.29 is 5.11 Å². The van der Waals surface area contributed by atoms with E-state index in [0.29, 0.717) is 5.92 Å². The summed E-state index contributed by atoms with van der Waals surface area (Å²) in [6.07, 6.45) is 6.09. The molecule has 0 amide bonds. The van der Waals surface area contributed by atoms with Crippen molar-refractivity contribution in [2.45, 2.75) is 18.8 Å². The minimum Gasteiger partial charge on any atom is -0.508 e. The van der Waals surface area contributed by atoms with Crippen molar-refractivity contribution in [1.82, 2.24) is 9.97 Å². The molecule has 0 bridgehead atoms. The summed E-state index contributed by atoms with van der Waals surface area (Å²) in [5.74, 6) is 1.80. The first kappa shape index (κ1) is 9.33. The Labute approximate surface area is 93.8 Å². The van der Waals surface area contributed by atoms with E-state index in [1.165, 1.54) is 12.8 Å². The first-order valence-corrected chi connectivity index (χ1v) is 5.44. The van der Waals surface area contributed by atoms with Gasteiger partial charge in [-0.05, 0) is 30.5 Å². The number of nitrogens with zero attached hydrogens (tertiary/aromatic N) is 2. The Kier molecular flexibility index (Phi) is 2.10. The molecule has 1 aliphatic rings. The highest BCUT2D eigenvalue weighted by Gasteiger charge is 2.26. The van der Waals surface area contributed by atoms with Crippen LogP contribution in [0.1, 0.15) is 24.6 Å². The van der Waals surface area contributed by atoms with E-state index in [2.05, 4.69) is 9.97 Å². The smallest absolute Gasteiger partial charge is 0.131 e. The van der Waals surface area contributed by atoms with Crippen LogP contribution in [0.3, 0.4) is 0 Å². The Balaban J connectivity index is 1.94. The Bertz CT molecular complexity index is 504. The molecule has 1 fully saturated rings. The molecule has 1 aliphatic carbocycles. The van der Waals surface area contributed by atoms with Crippen molar-refractivity contribution in [3.8, 4) is 16.9 Å². The number of phenolic OH excluding ortho intramolecular Hbond substituents is 1. The number of hydrogen-bond donors (Lipinski definition) is 1. The van der Waals surface area contributed by atoms with Crippen LogP contribution in [0.2, 0.25) is 0 Å². The van der Waals surface area contributed by atoms with E-state index in [4.69, 9.17) is 0 Å². The van der Waals surface area contributed by atoms with Gasteiger partial charge in [0.25, 0.3) is 0 Å². The topological polar surface area (TPSA) is 46.0 Å². The van der Waals surface area contributed by atoms with Gasteiger partial charge in [-0.25, -0.2) is 9.97 Å². The number of rotatable bonds is 2. The molecule has 1 N–H and O–H groups in total. The minimum atomic E-state index is 0.267. The van der Waals surface area contributed by atoms with Crippen LogP contribution < -0.4 is 0 Å². The van der Waals surface area contributed by atoms with Crippen LogP contribution >= 0.6 is 0 Å². The molecule has 0 aliphatic heterocycles. The summed E-state index contributed by atoms with van der Waals surface area (Å²) in [5.41, 5.74) is 1.89. The molecule has 3 rings (SSSR count). The third kappa shape index (κ3) is 1.76. The normalized spacial score (nSPS) is 15.0. The van der Waals surface area contributed by atoms with E-state index >= 15 is 0 Å². The van der Waals surface area contributed by atoms with E-state index in [1.807, 2.05) is 24.5 Å². The second kappa shape index (κ2) is 3.59. The van der Waals surface area contributed by atoms with Gasteiger partial charge in [-0.15, -0.1) is 0 Å². The molecule has 0 unspecified atom stereocenters. The van der Waals surface area contributed by atoms with Crippen LogP contribution in [0.5, 0.6) is 5.75 Å². The van der Waals surface area contributed by atoms with Gasteiger partial charge in [0.15, 0.2) is 0 Å². The van der Waals surface area contributed by atoms with E-state index in [9.17, 15) is 5.11 Å². The van der Waals surface area contributed by atoms with Crippen LogP contribution in [0.15, 0.2) is 36.7 Å². The lowest BCUT2D eigenvalue weighted by atomic mass is 10.1. The Hall–Kier alpha value is -1.90. The molecular formula is C13H12N2O. The molecule has 1 aromatic carbocycles. The highest BCUT2D eigenvalue weighted by molar-refractivity contribution is 5.63. The quantitative estimate of drug-likeness (QED) is 0.832. The van der Waals surface area contributed by atoms with Crippen LogP contribution in [0.4, 0.5) is 0 Å². The van der Waals surface area contributed by atoms with Crippen LogP contribution in [-0.2, 0) is 0 Å². The summed E-state index contributed by atoms with van der Waals surface area (Å²) in [4.78, 5) is 8.71. The fourth-order valence-corrected chi connectivity index (χ4v) is 1.72. The van der Waals surface area contributed by atoms with E-state index in [-0.39, 0.29) is 5.75 Å². The maximum Gasteiger partial charge on any atom is 0.131 e. The first-order chi connectivity index (χ1) is 7.83. The standard InChI is InChI=1S/C13H12N2O/c16-12-3-1-2-10(6-12)11-7-14-13(15-8-11)9-4-5-9/h1-3,6-9,16H,4-5H2. The van der Waals surface area contributed by atoms with Gasteiger partial charge >= 0.3 is 0 Å². The second-order valence-corrected chi connectivity index (χ2v) is 4.15. The molecule has 0 atom stereocenters. The largest absolute Gasteiger partial charge is 0.508 e. The average Bonchev–Trinajstić information content (AvgIpc) is 3.13. The molecule has 1 saturated carbocycles. The van der Waals surface area contributed by atoms with Crippen molar-refractivity contribution in [2.75, 3.05) is 0 Å². The monoisotopic (exact) mass is 212 g/mol. The van der Waals surface area contributed by atoms with Gasteiger partial charge in [-0.1, -0.05) is 12.1 Å². The fourth-order valence-electron chi connectivity index (χ4n) is 1.72. The van der Waals surface area contributed by atoms with Gasteiger partial charge in [0.2, 0.25) is 0 Å². The molecule has 0 spiro atoms. The van der Waals surface area contributed by atoms with Gasteiger partial charge in [0.05, 0.1) is 0 Å². The fraction of sp³-hybridized carbons (Fsp3) is 0.231. The molecule has 0 radical (unpaired) electrons. The highest BCUT2D eigenvalue weighted by Crippen LogP contribution is 2.38. The SMILES string of the molecule is Oc1cccc(-c2cnc(C3CC3)nc2)c1. The third-order valence-electron chi connectivity index (χ3n) is 2.79. The van der Waals surface area contributed by atoms with Crippen molar-refractivity contribution in [3.05, 3.63) is 42.5 Å². The third-order valence-corrected chi connectivity index (χ3v) is 2.79. The lowest BCUT2D eigenvalue weighted by Crippen LogP contribution is -1.91. The number of aromatic hydroxyl groups is 1. The summed E-state index contributed by atoms with van der Waals surface area (Å²) in [5, 5.41) is 9.39.